The van der Waals surface area contributed by atoms with Crippen molar-refractivity contribution in [1.82, 2.24) is 4.57 Å². The van der Waals surface area contributed by atoms with E-state index in [1.54, 1.807) is 11.8 Å². The Hall–Kier alpha value is -1.48. The molecule has 0 fully saturated rings. The number of hydrogen-bond acceptors (Lipinski definition) is 2. The molecule has 0 amide bonds. The second-order valence-electron chi connectivity index (χ2n) is 4.55. The van der Waals surface area contributed by atoms with Crippen LogP contribution in [0.15, 0.2) is 41.6 Å². The molecule has 0 unspecified atom stereocenters. The molecule has 2 aromatic rings. The lowest BCUT2D eigenvalue weighted by atomic mass is 10.2. The number of Topliss-reactive ketones (excluding diaryl/α,β-unsaturated/α-hetero) is 1. The highest BCUT2D eigenvalue weighted by atomic mass is 32.2. The molecule has 0 N–H and O–H groups in total. The largest absolute Gasteiger partial charge is 0.357 e. The zero-order valence-electron chi connectivity index (χ0n) is 10.9. The number of carbonyl (C=O) groups is 1. The van der Waals surface area contributed by atoms with E-state index in [9.17, 15) is 4.79 Å². The Morgan fingerprint density at radius 1 is 1.28 bits per heavy atom. The molecule has 18 heavy (non-hydrogen) atoms. The summed E-state index contributed by atoms with van der Waals surface area (Å²) in [6.45, 7) is 4.15. The third-order valence-electron chi connectivity index (χ3n) is 2.86. The van der Waals surface area contributed by atoms with Gasteiger partial charge in [0, 0.05) is 29.9 Å². The predicted molar refractivity (Wildman–Crippen MR) is 76.4 cm³/mol. The van der Waals surface area contributed by atoms with E-state index in [1.165, 1.54) is 16.0 Å². The zero-order chi connectivity index (χ0) is 13.1. The standard InChI is InChI=1S/C15H17NOS/c1-11-4-5-12(2)15(8-11)18-10-14(17)13-6-7-16(3)9-13/h4-9H,10H2,1-3H3. The molecule has 94 valence electrons. The number of benzene rings is 1. The number of carbonyl (C=O) groups excluding carboxylic acids is 1. The number of rotatable bonds is 4. The molecule has 0 bridgehead atoms. The van der Waals surface area contributed by atoms with Crippen molar-refractivity contribution in [3.05, 3.63) is 53.3 Å². The molecule has 3 heteroatoms. The summed E-state index contributed by atoms with van der Waals surface area (Å²) in [6, 6.07) is 8.20. The van der Waals surface area contributed by atoms with Crippen molar-refractivity contribution in [1.29, 1.82) is 0 Å². The van der Waals surface area contributed by atoms with Crippen molar-refractivity contribution in [3.8, 4) is 0 Å². The van der Waals surface area contributed by atoms with Gasteiger partial charge in [-0.1, -0.05) is 17.7 Å². The molecular weight excluding hydrogens is 242 g/mol. The fourth-order valence-corrected chi connectivity index (χ4v) is 2.78. The van der Waals surface area contributed by atoms with Crippen LogP contribution in [0, 0.1) is 13.8 Å². The zero-order valence-corrected chi connectivity index (χ0v) is 11.8. The third-order valence-corrected chi connectivity index (χ3v) is 4.01. The van der Waals surface area contributed by atoms with Gasteiger partial charge in [-0.2, -0.15) is 0 Å². The predicted octanol–water partition coefficient (Wildman–Crippen LogP) is 3.62. The highest BCUT2D eigenvalue weighted by Crippen LogP contribution is 2.24. The van der Waals surface area contributed by atoms with Gasteiger partial charge in [0.1, 0.15) is 0 Å². The summed E-state index contributed by atoms with van der Waals surface area (Å²) in [5.41, 5.74) is 3.25. The number of nitrogens with zero attached hydrogens (tertiary/aromatic N) is 1. The second kappa shape index (κ2) is 5.44. The molecule has 0 radical (unpaired) electrons. The van der Waals surface area contributed by atoms with E-state index in [-0.39, 0.29) is 5.78 Å². The molecule has 1 aromatic heterocycles. The van der Waals surface area contributed by atoms with Crippen molar-refractivity contribution < 1.29 is 4.79 Å². The van der Waals surface area contributed by atoms with Gasteiger partial charge in [-0.15, -0.1) is 11.8 Å². The first-order valence-corrected chi connectivity index (χ1v) is 6.90. The smallest absolute Gasteiger partial charge is 0.174 e. The molecule has 0 aliphatic carbocycles. The maximum Gasteiger partial charge on any atom is 0.174 e. The van der Waals surface area contributed by atoms with Crippen molar-refractivity contribution >= 4 is 17.5 Å². The molecule has 1 heterocycles. The fourth-order valence-electron chi connectivity index (χ4n) is 1.76. The van der Waals surface area contributed by atoms with Crippen LogP contribution in [0.5, 0.6) is 0 Å². The Morgan fingerprint density at radius 2 is 2.06 bits per heavy atom. The van der Waals surface area contributed by atoms with Crippen molar-refractivity contribution in [2.45, 2.75) is 18.7 Å². The number of hydrogen-bond donors (Lipinski definition) is 0. The summed E-state index contributed by atoms with van der Waals surface area (Å²) in [5, 5.41) is 0. The monoisotopic (exact) mass is 259 g/mol. The molecule has 0 aliphatic rings. The lowest BCUT2D eigenvalue weighted by molar-refractivity contribution is 0.102. The molecule has 0 saturated heterocycles. The highest BCUT2D eigenvalue weighted by molar-refractivity contribution is 8.00. The van der Waals surface area contributed by atoms with Gasteiger partial charge in [-0.3, -0.25) is 4.79 Å². The van der Waals surface area contributed by atoms with E-state index in [4.69, 9.17) is 0 Å². The molecule has 0 spiro atoms. The molecule has 2 rings (SSSR count). The van der Waals surface area contributed by atoms with Crippen LogP contribution in [0.25, 0.3) is 0 Å². The van der Waals surface area contributed by atoms with E-state index in [0.29, 0.717) is 5.75 Å². The number of ketones is 1. The van der Waals surface area contributed by atoms with Gasteiger partial charge in [0.15, 0.2) is 5.78 Å². The molecule has 1 aromatic carbocycles. The topological polar surface area (TPSA) is 22.0 Å². The minimum absolute atomic E-state index is 0.182. The van der Waals surface area contributed by atoms with Crippen LogP contribution in [-0.4, -0.2) is 16.1 Å². The number of aryl methyl sites for hydroxylation is 3. The Bertz CT molecular complexity index is 572. The molecule has 0 atom stereocenters. The summed E-state index contributed by atoms with van der Waals surface area (Å²) < 4.78 is 1.90. The van der Waals surface area contributed by atoms with Crippen LogP contribution in [0.3, 0.4) is 0 Å². The van der Waals surface area contributed by atoms with Crippen LogP contribution < -0.4 is 0 Å². The Kier molecular flexibility index (Phi) is 3.92. The Morgan fingerprint density at radius 3 is 2.72 bits per heavy atom. The lowest BCUT2D eigenvalue weighted by Crippen LogP contribution is -2.01. The van der Waals surface area contributed by atoms with E-state index in [0.717, 1.165) is 5.56 Å². The highest BCUT2D eigenvalue weighted by Gasteiger charge is 2.08. The lowest BCUT2D eigenvalue weighted by Gasteiger charge is -2.05. The number of aromatic nitrogens is 1. The fraction of sp³-hybridized carbons (Fsp3) is 0.267. The van der Waals surface area contributed by atoms with E-state index >= 15 is 0 Å². The minimum atomic E-state index is 0.182. The van der Waals surface area contributed by atoms with Gasteiger partial charge in [-0.25, -0.2) is 0 Å². The Labute approximate surface area is 112 Å². The van der Waals surface area contributed by atoms with Crippen molar-refractivity contribution in [3.63, 3.8) is 0 Å². The van der Waals surface area contributed by atoms with Gasteiger partial charge in [0.25, 0.3) is 0 Å². The van der Waals surface area contributed by atoms with Crippen LogP contribution in [0.4, 0.5) is 0 Å². The van der Waals surface area contributed by atoms with Crippen LogP contribution in [0.1, 0.15) is 21.5 Å². The van der Waals surface area contributed by atoms with Crippen LogP contribution >= 0.6 is 11.8 Å². The summed E-state index contributed by atoms with van der Waals surface area (Å²) in [5.74, 6) is 0.676. The molecule has 0 saturated carbocycles. The van der Waals surface area contributed by atoms with Gasteiger partial charge in [0.05, 0.1) is 5.75 Å². The third kappa shape index (κ3) is 3.05. The average molecular weight is 259 g/mol. The first kappa shape index (κ1) is 13.0. The average Bonchev–Trinajstić information content (AvgIpc) is 2.77. The first-order valence-electron chi connectivity index (χ1n) is 5.91. The van der Waals surface area contributed by atoms with Crippen LogP contribution in [0.2, 0.25) is 0 Å². The molecular formula is C15H17NOS. The van der Waals surface area contributed by atoms with Crippen molar-refractivity contribution in [2.75, 3.05) is 5.75 Å². The quantitative estimate of drug-likeness (QED) is 0.618. The first-order chi connectivity index (χ1) is 8.56. The maximum atomic E-state index is 12.0. The summed E-state index contributed by atoms with van der Waals surface area (Å²) in [7, 11) is 1.93. The Balaban J connectivity index is 2.03. The SMILES string of the molecule is Cc1ccc(C)c(SCC(=O)c2ccn(C)c2)c1. The van der Waals surface area contributed by atoms with Gasteiger partial charge >= 0.3 is 0 Å². The summed E-state index contributed by atoms with van der Waals surface area (Å²) in [4.78, 5) is 13.2. The van der Waals surface area contributed by atoms with E-state index < -0.39 is 0 Å². The van der Waals surface area contributed by atoms with Crippen molar-refractivity contribution in [2.24, 2.45) is 7.05 Å². The molecule has 2 nitrogen and oxygen atoms in total. The van der Waals surface area contributed by atoms with E-state index in [2.05, 4.69) is 32.0 Å². The van der Waals surface area contributed by atoms with Crippen LogP contribution in [-0.2, 0) is 7.05 Å². The summed E-state index contributed by atoms with van der Waals surface area (Å²) in [6.07, 6.45) is 3.77. The maximum absolute atomic E-state index is 12.0. The van der Waals surface area contributed by atoms with Gasteiger partial charge in [0.2, 0.25) is 0 Å². The number of thioether (sulfide) groups is 1. The van der Waals surface area contributed by atoms with Gasteiger partial charge < -0.3 is 4.57 Å². The van der Waals surface area contributed by atoms with E-state index in [1.807, 2.05) is 30.1 Å². The summed E-state index contributed by atoms with van der Waals surface area (Å²) >= 11 is 1.61. The normalized spacial score (nSPS) is 10.6. The second-order valence-corrected chi connectivity index (χ2v) is 5.56. The van der Waals surface area contributed by atoms with Gasteiger partial charge in [-0.05, 0) is 31.5 Å². The molecule has 0 aliphatic heterocycles. The minimum Gasteiger partial charge on any atom is -0.357 e.